The van der Waals surface area contributed by atoms with Crippen LogP contribution >= 0.6 is 11.6 Å². The quantitative estimate of drug-likeness (QED) is 0.588. The van der Waals surface area contributed by atoms with Crippen molar-refractivity contribution >= 4 is 17.6 Å². The minimum atomic E-state index is 0.649. The molecule has 0 aliphatic heterocycles. The van der Waals surface area contributed by atoms with Gasteiger partial charge in [0.15, 0.2) is 5.96 Å². The summed E-state index contributed by atoms with van der Waals surface area (Å²) < 4.78 is 5.65. The van der Waals surface area contributed by atoms with Crippen LogP contribution in [0.1, 0.15) is 24.0 Å². The zero-order valence-electron chi connectivity index (χ0n) is 14.3. The van der Waals surface area contributed by atoms with Crippen LogP contribution in [0.15, 0.2) is 47.6 Å². The molecule has 0 bridgehead atoms. The Morgan fingerprint density at radius 2 is 1.80 bits per heavy atom. The van der Waals surface area contributed by atoms with Crippen molar-refractivity contribution in [3.63, 3.8) is 0 Å². The van der Waals surface area contributed by atoms with E-state index in [0.717, 1.165) is 34.6 Å². The van der Waals surface area contributed by atoms with Crippen LogP contribution in [0.2, 0.25) is 5.02 Å². The molecule has 1 fully saturated rings. The van der Waals surface area contributed by atoms with E-state index in [0.29, 0.717) is 19.0 Å². The van der Waals surface area contributed by atoms with Gasteiger partial charge in [0.2, 0.25) is 5.88 Å². The molecule has 0 saturated heterocycles. The van der Waals surface area contributed by atoms with Crippen molar-refractivity contribution in [2.75, 3.05) is 13.7 Å². The third-order valence-corrected chi connectivity index (χ3v) is 4.27. The summed E-state index contributed by atoms with van der Waals surface area (Å²) in [5, 5.41) is 7.30. The average molecular weight is 359 g/mol. The molecule has 25 heavy (non-hydrogen) atoms. The number of aliphatic imine (C=N–C) groups is 1. The molecule has 0 radical (unpaired) electrons. The Morgan fingerprint density at radius 1 is 1.12 bits per heavy atom. The van der Waals surface area contributed by atoms with E-state index < -0.39 is 0 Å². The molecule has 1 heterocycles. The van der Waals surface area contributed by atoms with Crippen molar-refractivity contribution in [1.29, 1.82) is 0 Å². The zero-order valence-corrected chi connectivity index (χ0v) is 15.1. The van der Waals surface area contributed by atoms with Gasteiger partial charge in [-0.15, -0.1) is 0 Å². The minimum Gasteiger partial charge on any atom is -0.477 e. The third kappa shape index (κ3) is 5.94. The van der Waals surface area contributed by atoms with Crippen LogP contribution in [0.5, 0.6) is 5.88 Å². The lowest BCUT2D eigenvalue weighted by Crippen LogP contribution is -2.36. The molecule has 1 saturated carbocycles. The molecule has 0 atom stereocenters. The fourth-order valence-corrected chi connectivity index (χ4v) is 2.41. The number of hydrogen-bond acceptors (Lipinski definition) is 3. The number of nitrogens with one attached hydrogen (secondary N) is 2. The third-order valence-electron chi connectivity index (χ3n) is 4.02. The van der Waals surface area contributed by atoms with Gasteiger partial charge in [-0.25, -0.2) is 4.98 Å². The molecule has 1 aliphatic rings. The van der Waals surface area contributed by atoms with E-state index in [-0.39, 0.29) is 0 Å². The summed E-state index contributed by atoms with van der Waals surface area (Å²) in [4.78, 5) is 8.58. The van der Waals surface area contributed by atoms with Gasteiger partial charge >= 0.3 is 0 Å². The zero-order chi connectivity index (χ0) is 17.5. The number of rotatable bonds is 7. The van der Waals surface area contributed by atoms with Gasteiger partial charge in [0.1, 0.15) is 0 Å². The molecule has 1 aromatic heterocycles. The fraction of sp³-hybridized carbons (Fsp3) is 0.368. The summed E-state index contributed by atoms with van der Waals surface area (Å²) in [5.41, 5.74) is 2.22. The molecule has 0 amide bonds. The summed E-state index contributed by atoms with van der Waals surface area (Å²) in [5.74, 6) is 2.17. The second-order valence-corrected chi connectivity index (χ2v) is 6.60. The van der Waals surface area contributed by atoms with Crippen molar-refractivity contribution in [3.8, 4) is 5.88 Å². The van der Waals surface area contributed by atoms with Crippen molar-refractivity contribution in [3.05, 3.63) is 58.7 Å². The standard InChI is InChI=1S/C19H23ClN4O/c1-21-19(23-10-14-4-7-17(20)8-5-14)24-12-16-6-9-18(22-11-16)25-13-15-2-3-15/h4-9,11,15H,2-3,10,12-13H2,1H3,(H2,21,23,24). The van der Waals surface area contributed by atoms with Gasteiger partial charge < -0.3 is 15.4 Å². The smallest absolute Gasteiger partial charge is 0.213 e. The minimum absolute atomic E-state index is 0.649. The van der Waals surface area contributed by atoms with Crippen molar-refractivity contribution in [2.45, 2.75) is 25.9 Å². The molecule has 132 valence electrons. The SMILES string of the molecule is CN=C(NCc1ccc(Cl)cc1)NCc1ccc(OCC2CC2)nc1. The Kier molecular flexibility index (Phi) is 6.12. The van der Waals surface area contributed by atoms with Gasteiger partial charge in [0.05, 0.1) is 6.61 Å². The van der Waals surface area contributed by atoms with Crippen LogP contribution < -0.4 is 15.4 Å². The van der Waals surface area contributed by atoms with E-state index in [9.17, 15) is 0 Å². The number of aromatic nitrogens is 1. The highest BCUT2D eigenvalue weighted by molar-refractivity contribution is 6.30. The van der Waals surface area contributed by atoms with Crippen molar-refractivity contribution in [1.82, 2.24) is 15.6 Å². The van der Waals surface area contributed by atoms with E-state index in [1.807, 2.05) is 42.6 Å². The molecule has 2 N–H and O–H groups in total. The van der Waals surface area contributed by atoms with Gasteiger partial charge in [0, 0.05) is 37.4 Å². The van der Waals surface area contributed by atoms with Crippen LogP contribution in [-0.4, -0.2) is 24.6 Å². The maximum atomic E-state index is 5.90. The largest absolute Gasteiger partial charge is 0.477 e. The summed E-state index contributed by atoms with van der Waals surface area (Å²) in [6, 6.07) is 11.7. The lowest BCUT2D eigenvalue weighted by atomic mass is 10.2. The number of benzene rings is 1. The van der Waals surface area contributed by atoms with Crippen molar-refractivity contribution in [2.24, 2.45) is 10.9 Å². The number of nitrogens with zero attached hydrogens (tertiary/aromatic N) is 2. The first-order chi connectivity index (χ1) is 12.2. The lowest BCUT2D eigenvalue weighted by Gasteiger charge is -2.12. The van der Waals surface area contributed by atoms with Gasteiger partial charge in [-0.2, -0.15) is 0 Å². The normalized spacial score (nSPS) is 14.2. The Bertz CT molecular complexity index is 696. The molecule has 2 aromatic rings. The first-order valence-electron chi connectivity index (χ1n) is 8.49. The molecule has 5 nitrogen and oxygen atoms in total. The molecule has 0 unspecified atom stereocenters. The van der Waals surface area contributed by atoms with E-state index in [4.69, 9.17) is 16.3 Å². The molecular formula is C19H23ClN4O. The van der Waals surface area contributed by atoms with Crippen LogP contribution in [-0.2, 0) is 13.1 Å². The molecular weight excluding hydrogens is 336 g/mol. The molecule has 6 heteroatoms. The second kappa shape index (κ2) is 8.72. The topological polar surface area (TPSA) is 58.5 Å². The summed E-state index contributed by atoms with van der Waals surface area (Å²) in [6.45, 7) is 2.12. The molecule has 0 spiro atoms. The number of hydrogen-bond donors (Lipinski definition) is 2. The lowest BCUT2D eigenvalue weighted by molar-refractivity contribution is 0.288. The highest BCUT2D eigenvalue weighted by Crippen LogP contribution is 2.29. The maximum absolute atomic E-state index is 5.90. The average Bonchev–Trinajstić information content (AvgIpc) is 3.47. The van der Waals surface area contributed by atoms with Crippen LogP contribution in [0.25, 0.3) is 0 Å². The van der Waals surface area contributed by atoms with Crippen LogP contribution in [0.3, 0.4) is 0 Å². The first-order valence-corrected chi connectivity index (χ1v) is 8.87. The maximum Gasteiger partial charge on any atom is 0.213 e. The number of ether oxygens (including phenoxy) is 1. The van der Waals surface area contributed by atoms with Gasteiger partial charge in [0.25, 0.3) is 0 Å². The van der Waals surface area contributed by atoms with Gasteiger partial charge in [-0.3, -0.25) is 4.99 Å². The molecule has 1 aromatic carbocycles. The second-order valence-electron chi connectivity index (χ2n) is 6.16. The Morgan fingerprint density at radius 3 is 2.40 bits per heavy atom. The van der Waals surface area contributed by atoms with Crippen LogP contribution in [0, 0.1) is 5.92 Å². The predicted octanol–water partition coefficient (Wildman–Crippen LogP) is 3.39. The van der Waals surface area contributed by atoms with E-state index in [2.05, 4.69) is 20.6 Å². The van der Waals surface area contributed by atoms with Crippen LogP contribution in [0.4, 0.5) is 0 Å². The fourth-order valence-electron chi connectivity index (χ4n) is 2.28. The summed E-state index contributed by atoms with van der Waals surface area (Å²) in [6.07, 6.45) is 4.40. The summed E-state index contributed by atoms with van der Waals surface area (Å²) in [7, 11) is 1.75. The van der Waals surface area contributed by atoms with Crippen molar-refractivity contribution < 1.29 is 4.74 Å². The molecule has 3 rings (SSSR count). The Hall–Kier alpha value is -2.27. The monoisotopic (exact) mass is 358 g/mol. The highest BCUT2D eigenvalue weighted by atomic mass is 35.5. The Labute approximate surface area is 153 Å². The highest BCUT2D eigenvalue weighted by Gasteiger charge is 2.21. The number of pyridine rings is 1. The summed E-state index contributed by atoms with van der Waals surface area (Å²) >= 11 is 5.90. The van der Waals surface area contributed by atoms with E-state index >= 15 is 0 Å². The molecule has 1 aliphatic carbocycles. The predicted molar refractivity (Wildman–Crippen MR) is 101 cm³/mol. The van der Waals surface area contributed by atoms with Gasteiger partial charge in [-0.1, -0.05) is 29.8 Å². The first kappa shape index (κ1) is 17.5. The number of halogens is 1. The van der Waals surface area contributed by atoms with E-state index in [1.54, 1.807) is 7.05 Å². The van der Waals surface area contributed by atoms with Gasteiger partial charge in [-0.05, 0) is 42.0 Å². The number of guanidine groups is 1. The Balaban J connectivity index is 1.43. The van der Waals surface area contributed by atoms with E-state index in [1.165, 1.54) is 12.8 Å².